The van der Waals surface area contributed by atoms with Crippen molar-refractivity contribution in [3.8, 4) is 16.9 Å². The van der Waals surface area contributed by atoms with E-state index < -0.39 is 5.63 Å². The van der Waals surface area contributed by atoms with E-state index in [0.717, 1.165) is 55.2 Å². The molecule has 0 saturated carbocycles. The van der Waals surface area contributed by atoms with E-state index in [1.54, 1.807) is 13.4 Å². The third-order valence-corrected chi connectivity index (χ3v) is 7.45. The van der Waals surface area contributed by atoms with Gasteiger partial charge in [-0.2, -0.15) is 0 Å². The summed E-state index contributed by atoms with van der Waals surface area (Å²) in [4.78, 5) is 29.1. The van der Waals surface area contributed by atoms with Gasteiger partial charge in [0.05, 0.1) is 25.4 Å². The van der Waals surface area contributed by atoms with Gasteiger partial charge in [0.15, 0.2) is 0 Å². The van der Waals surface area contributed by atoms with E-state index in [1.807, 2.05) is 74.6 Å². The van der Waals surface area contributed by atoms with Gasteiger partial charge in [0.1, 0.15) is 16.9 Å². The number of benzene rings is 3. The molecule has 7 nitrogen and oxygen atoms in total. The summed E-state index contributed by atoms with van der Waals surface area (Å²) in [5.74, 6) is 0.554. The lowest BCUT2D eigenvalue weighted by Crippen LogP contribution is -2.29. The van der Waals surface area contributed by atoms with Crippen LogP contribution in [0.15, 0.2) is 80.7 Å². The highest BCUT2D eigenvalue weighted by molar-refractivity contribution is 6.05. The van der Waals surface area contributed by atoms with Crippen molar-refractivity contribution in [2.45, 2.75) is 26.7 Å². The zero-order chi connectivity index (χ0) is 27.1. The summed E-state index contributed by atoms with van der Waals surface area (Å²) in [6.07, 6.45) is 4.27. The number of aromatic nitrogens is 1. The number of methoxy groups -OCH3 is 1. The molecule has 0 saturated heterocycles. The van der Waals surface area contributed by atoms with Crippen molar-refractivity contribution in [1.29, 1.82) is 0 Å². The van der Waals surface area contributed by atoms with E-state index in [4.69, 9.17) is 13.6 Å². The maximum absolute atomic E-state index is 13.0. The number of carbonyl (C=O) groups excluding carboxylic acids is 1. The van der Waals surface area contributed by atoms with Gasteiger partial charge >= 0.3 is 5.63 Å². The minimum Gasteiger partial charge on any atom is -0.497 e. The van der Waals surface area contributed by atoms with Crippen molar-refractivity contribution in [2.75, 3.05) is 13.7 Å². The van der Waals surface area contributed by atoms with Gasteiger partial charge < -0.3 is 23.9 Å². The number of nitrogens with one attached hydrogen (secondary N) is 2. The topological polar surface area (TPSA) is 97.5 Å². The molecule has 6 rings (SSSR count). The van der Waals surface area contributed by atoms with Gasteiger partial charge in [-0.1, -0.05) is 30.3 Å². The van der Waals surface area contributed by atoms with Crippen LogP contribution in [0.5, 0.6) is 5.75 Å². The summed E-state index contributed by atoms with van der Waals surface area (Å²) >= 11 is 0. The van der Waals surface area contributed by atoms with E-state index in [2.05, 4.69) is 10.3 Å². The van der Waals surface area contributed by atoms with Crippen molar-refractivity contribution in [3.05, 3.63) is 99.7 Å². The van der Waals surface area contributed by atoms with Gasteiger partial charge in [-0.05, 0) is 61.2 Å². The summed E-state index contributed by atoms with van der Waals surface area (Å²) in [7, 11) is 1.64. The highest BCUT2D eigenvalue weighted by Gasteiger charge is 2.20. The van der Waals surface area contributed by atoms with Crippen molar-refractivity contribution in [2.24, 2.45) is 0 Å². The number of furan rings is 1. The second kappa shape index (κ2) is 9.83. The number of carbonyl (C=O) groups is 1. The molecular weight excluding hydrogens is 492 g/mol. The molecule has 1 amide bonds. The van der Waals surface area contributed by atoms with Crippen LogP contribution >= 0.6 is 0 Å². The van der Waals surface area contributed by atoms with Crippen LogP contribution < -0.4 is 15.7 Å². The van der Waals surface area contributed by atoms with Gasteiger partial charge in [0.25, 0.3) is 0 Å². The Morgan fingerprint density at radius 1 is 0.974 bits per heavy atom. The Balaban J connectivity index is 1.26. The van der Waals surface area contributed by atoms with Gasteiger partial charge in [-0.3, -0.25) is 4.79 Å². The fourth-order valence-electron chi connectivity index (χ4n) is 5.29. The van der Waals surface area contributed by atoms with Crippen LogP contribution in [0, 0.1) is 13.8 Å². The lowest BCUT2D eigenvalue weighted by atomic mass is 9.97. The van der Waals surface area contributed by atoms with Crippen LogP contribution in [0.2, 0.25) is 0 Å². The van der Waals surface area contributed by atoms with Crippen LogP contribution in [0.3, 0.4) is 0 Å². The molecule has 2 N–H and O–H groups in total. The summed E-state index contributed by atoms with van der Waals surface area (Å²) in [6.45, 7) is 4.20. The molecule has 3 heterocycles. The molecule has 0 spiro atoms. The number of amides is 1. The van der Waals surface area contributed by atoms with Crippen molar-refractivity contribution < 1.29 is 18.4 Å². The van der Waals surface area contributed by atoms with Crippen molar-refractivity contribution in [3.63, 3.8) is 0 Å². The first kappa shape index (κ1) is 24.6. The molecule has 0 aliphatic heterocycles. The number of H-pyrrole nitrogens is 1. The van der Waals surface area contributed by atoms with Crippen LogP contribution in [0.1, 0.15) is 22.3 Å². The lowest BCUT2D eigenvalue weighted by Gasteiger charge is -2.11. The van der Waals surface area contributed by atoms with Gasteiger partial charge in [0, 0.05) is 45.5 Å². The van der Waals surface area contributed by atoms with Gasteiger partial charge in [-0.25, -0.2) is 4.79 Å². The molecule has 0 aliphatic carbocycles. The largest absolute Gasteiger partial charge is 0.497 e. The van der Waals surface area contributed by atoms with Crippen LogP contribution in [-0.4, -0.2) is 24.5 Å². The standard InChI is InChI=1S/C32H28N2O5/c1-18-23-14-26-27(20-7-5-4-6-8-20)17-38-30(26)19(2)31(23)39-32(36)24(18)15-29(35)33-12-11-21-16-34-28-10-9-22(37-3)13-25(21)28/h4-10,13-14,16-17,34H,11-12,15H2,1-3H3,(H,33,35). The molecule has 0 unspecified atom stereocenters. The minimum absolute atomic E-state index is 0.0557. The first-order valence-corrected chi connectivity index (χ1v) is 12.9. The Morgan fingerprint density at radius 2 is 1.79 bits per heavy atom. The highest BCUT2D eigenvalue weighted by atomic mass is 16.5. The van der Waals surface area contributed by atoms with Gasteiger partial charge in [0.2, 0.25) is 5.91 Å². The summed E-state index contributed by atoms with van der Waals surface area (Å²) in [5.41, 5.74) is 6.63. The molecule has 3 aromatic heterocycles. The molecule has 0 atom stereocenters. The summed E-state index contributed by atoms with van der Waals surface area (Å²) < 4.78 is 17.0. The first-order chi connectivity index (χ1) is 18.9. The smallest absolute Gasteiger partial charge is 0.340 e. The van der Waals surface area contributed by atoms with Crippen molar-refractivity contribution in [1.82, 2.24) is 10.3 Å². The Labute approximate surface area is 224 Å². The maximum Gasteiger partial charge on any atom is 0.340 e. The Morgan fingerprint density at radius 3 is 2.59 bits per heavy atom. The molecule has 0 fully saturated rings. The number of aryl methyl sites for hydroxylation is 2. The zero-order valence-corrected chi connectivity index (χ0v) is 22.0. The van der Waals surface area contributed by atoms with Crippen LogP contribution in [-0.2, 0) is 17.6 Å². The highest BCUT2D eigenvalue weighted by Crippen LogP contribution is 2.37. The molecule has 0 bridgehead atoms. The average Bonchev–Trinajstić information content (AvgIpc) is 3.56. The number of ether oxygens (including phenoxy) is 1. The third kappa shape index (κ3) is 4.36. The number of fused-ring (bicyclic) bond motifs is 3. The normalized spacial score (nSPS) is 11.5. The molecule has 7 heteroatoms. The summed E-state index contributed by atoms with van der Waals surface area (Å²) in [5, 5.41) is 5.75. The van der Waals surface area contributed by atoms with E-state index in [0.29, 0.717) is 29.7 Å². The Hall–Kier alpha value is -4.78. The monoisotopic (exact) mass is 520 g/mol. The number of aromatic amines is 1. The fraction of sp³-hybridized carbons (Fsp3) is 0.188. The van der Waals surface area contributed by atoms with E-state index in [9.17, 15) is 9.59 Å². The summed E-state index contributed by atoms with van der Waals surface area (Å²) in [6, 6.07) is 17.9. The predicted molar refractivity (Wildman–Crippen MR) is 152 cm³/mol. The Kier molecular flexibility index (Phi) is 6.19. The second-order valence-electron chi connectivity index (χ2n) is 9.77. The van der Waals surface area contributed by atoms with Gasteiger partial charge in [-0.15, -0.1) is 0 Å². The molecule has 0 radical (unpaired) electrons. The van der Waals surface area contributed by atoms with Crippen LogP contribution in [0.4, 0.5) is 0 Å². The van der Waals surface area contributed by atoms with E-state index in [-0.39, 0.29) is 12.3 Å². The average molecular weight is 521 g/mol. The lowest BCUT2D eigenvalue weighted by molar-refractivity contribution is -0.120. The SMILES string of the molecule is COc1ccc2[nH]cc(CCNC(=O)Cc3c(C)c4cc5c(-c6ccccc6)coc5c(C)c4oc3=O)c2c1. The van der Waals surface area contributed by atoms with E-state index >= 15 is 0 Å². The zero-order valence-electron chi connectivity index (χ0n) is 22.0. The Bertz CT molecular complexity index is 1910. The third-order valence-electron chi connectivity index (χ3n) is 7.45. The maximum atomic E-state index is 13.0. The molecule has 39 heavy (non-hydrogen) atoms. The molecule has 0 aliphatic rings. The molecule has 3 aromatic carbocycles. The van der Waals surface area contributed by atoms with E-state index in [1.165, 1.54) is 0 Å². The second-order valence-corrected chi connectivity index (χ2v) is 9.77. The molecule has 6 aromatic rings. The minimum atomic E-state index is -0.504. The predicted octanol–water partition coefficient (Wildman–Crippen LogP) is 6.21. The number of hydrogen-bond acceptors (Lipinski definition) is 5. The first-order valence-electron chi connectivity index (χ1n) is 12.9. The fourth-order valence-corrected chi connectivity index (χ4v) is 5.29. The number of rotatable bonds is 7. The number of hydrogen-bond donors (Lipinski definition) is 2. The molecular formula is C32H28N2O5. The van der Waals surface area contributed by atoms with Crippen LogP contribution in [0.25, 0.3) is 44.0 Å². The quantitative estimate of drug-likeness (QED) is 0.244. The van der Waals surface area contributed by atoms with Crippen molar-refractivity contribution >= 4 is 38.7 Å². The molecule has 196 valence electrons.